The third-order valence-electron chi connectivity index (χ3n) is 2.46. The second-order valence-corrected chi connectivity index (χ2v) is 4.80. The first kappa shape index (κ1) is 15.4. The molecule has 1 unspecified atom stereocenters. The van der Waals surface area contributed by atoms with Crippen molar-refractivity contribution in [1.82, 2.24) is 4.90 Å². The van der Waals surface area contributed by atoms with Crippen LogP contribution in [0.3, 0.4) is 0 Å². The van der Waals surface area contributed by atoms with Gasteiger partial charge in [0, 0.05) is 19.7 Å². The lowest BCUT2D eigenvalue weighted by molar-refractivity contribution is -0.141. The highest BCUT2D eigenvalue weighted by atomic mass is 16.5. The molecule has 0 amide bonds. The molecule has 0 radical (unpaired) electrons. The summed E-state index contributed by atoms with van der Waals surface area (Å²) in [5.41, 5.74) is 0. The lowest BCUT2D eigenvalue weighted by Crippen LogP contribution is -2.31. The molecule has 0 saturated heterocycles. The molecular weight excluding hydrogens is 206 g/mol. The van der Waals surface area contributed by atoms with E-state index in [1.165, 1.54) is 0 Å². The smallest absolute Gasteiger partial charge is 0.307 e. The molecule has 1 atom stereocenters. The molecule has 0 aliphatic carbocycles. The van der Waals surface area contributed by atoms with Crippen LogP contribution in [-0.4, -0.2) is 49.3 Å². The van der Waals surface area contributed by atoms with Crippen molar-refractivity contribution in [1.29, 1.82) is 0 Å². The quantitative estimate of drug-likeness (QED) is 0.614. The SMILES string of the molecule is CC(C)CCOCCN(C)CC(C)C(=O)O. The van der Waals surface area contributed by atoms with E-state index in [1.54, 1.807) is 6.92 Å². The molecule has 96 valence electrons. The van der Waals surface area contributed by atoms with E-state index in [9.17, 15) is 4.79 Å². The molecule has 0 spiro atoms. The van der Waals surface area contributed by atoms with Gasteiger partial charge in [-0.25, -0.2) is 0 Å². The fourth-order valence-electron chi connectivity index (χ4n) is 1.28. The molecule has 0 aromatic heterocycles. The van der Waals surface area contributed by atoms with Gasteiger partial charge in [0.2, 0.25) is 0 Å². The molecule has 0 saturated carbocycles. The number of rotatable bonds is 9. The lowest BCUT2D eigenvalue weighted by Gasteiger charge is -2.18. The molecule has 0 aliphatic rings. The molecule has 0 heterocycles. The van der Waals surface area contributed by atoms with E-state index in [0.717, 1.165) is 19.6 Å². The average Bonchev–Trinajstić information content (AvgIpc) is 2.16. The van der Waals surface area contributed by atoms with Gasteiger partial charge in [0.05, 0.1) is 12.5 Å². The van der Waals surface area contributed by atoms with Crippen LogP contribution in [0.2, 0.25) is 0 Å². The molecule has 0 bridgehead atoms. The van der Waals surface area contributed by atoms with Gasteiger partial charge in [-0.1, -0.05) is 20.8 Å². The summed E-state index contributed by atoms with van der Waals surface area (Å²) in [6.07, 6.45) is 1.08. The van der Waals surface area contributed by atoms with E-state index in [2.05, 4.69) is 13.8 Å². The first-order valence-corrected chi connectivity index (χ1v) is 5.92. The van der Waals surface area contributed by atoms with Crippen molar-refractivity contribution in [2.45, 2.75) is 27.2 Å². The zero-order valence-electron chi connectivity index (χ0n) is 10.9. The minimum absolute atomic E-state index is 0.319. The van der Waals surface area contributed by atoms with Gasteiger partial charge in [-0.15, -0.1) is 0 Å². The Labute approximate surface area is 98.6 Å². The number of nitrogens with zero attached hydrogens (tertiary/aromatic N) is 1. The maximum Gasteiger partial charge on any atom is 0.307 e. The van der Waals surface area contributed by atoms with Crippen molar-refractivity contribution < 1.29 is 14.6 Å². The van der Waals surface area contributed by atoms with E-state index in [-0.39, 0.29) is 5.92 Å². The standard InChI is InChI=1S/C12H25NO3/c1-10(2)5-7-16-8-6-13(4)9-11(3)12(14)15/h10-11H,5-9H2,1-4H3,(H,14,15). The molecule has 0 rings (SSSR count). The van der Waals surface area contributed by atoms with Gasteiger partial charge in [0.1, 0.15) is 0 Å². The first-order valence-electron chi connectivity index (χ1n) is 5.92. The summed E-state index contributed by atoms with van der Waals surface area (Å²) in [6, 6.07) is 0. The van der Waals surface area contributed by atoms with Crippen molar-refractivity contribution >= 4 is 5.97 Å². The van der Waals surface area contributed by atoms with Crippen LogP contribution in [0.1, 0.15) is 27.2 Å². The summed E-state index contributed by atoms with van der Waals surface area (Å²) in [5.74, 6) is -0.391. The molecule has 0 fully saturated rings. The van der Waals surface area contributed by atoms with E-state index >= 15 is 0 Å². The van der Waals surface area contributed by atoms with E-state index in [4.69, 9.17) is 9.84 Å². The molecule has 1 N–H and O–H groups in total. The molecule has 4 heteroatoms. The van der Waals surface area contributed by atoms with Crippen molar-refractivity contribution in [3.63, 3.8) is 0 Å². The minimum atomic E-state index is -0.743. The molecule has 0 aromatic carbocycles. The molecule has 0 aromatic rings. The van der Waals surface area contributed by atoms with Crippen molar-refractivity contribution in [2.24, 2.45) is 11.8 Å². The summed E-state index contributed by atoms with van der Waals surface area (Å²) in [5, 5.41) is 8.74. The largest absolute Gasteiger partial charge is 0.481 e. The summed E-state index contributed by atoms with van der Waals surface area (Å²) < 4.78 is 5.47. The molecule has 4 nitrogen and oxygen atoms in total. The first-order chi connectivity index (χ1) is 7.43. The van der Waals surface area contributed by atoms with Crippen LogP contribution in [0.5, 0.6) is 0 Å². The van der Waals surface area contributed by atoms with Crippen LogP contribution in [-0.2, 0) is 9.53 Å². The predicted molar refractivity (Wildman–Crippen MR) is 64.6 cm³/mol. The van der Waals surface area contributed by atoms with Crippen molar-refractivity contribution in [3.8, 4) is 0 Å². The Hall–Kier alpha value is -0.610. The monoisotopic (exact) mass is 231 g/mol. The van der Waals surface area contributed by atoms with Gasteiger partial charge in [-0.3, -0.25) is 4.79 Å². The predicted octanol–water partition coefficient (Wildman–Crippen LogP) is 1.70. The summed E-state index contributed by atoms with van der Waals surface area (Å²) in [6.45, 7) is 8.89. The molecular formula is C12H25NO3. The van der Waals surface area contributed by atoms with Crippen LogP contribution in [0.15, 0.2) is 0 Å². The minimum Gasteiger partial charge on any atom is -0.481 e. The van der Waals surface area contributed by atoms with E-state index < -0.39 is 5.97 Å². The normalized spacial score (nSPS) is 13.4. The fourth-order valence-corrected chi connectivity index (χ4v) is 1.28. The number of hydrogen-bond donors (Lipinski definition) is 1. The third kappa shape index (κ3) is 8.68. The molecule has 16 heavy (non-hydrogen) atoms. The number of carboxylic acids is 1. The fraction of sp³-hybridized carbons (Fsp3) is 0.917. The van der Waals surface area contributed by atoms with Crippen LogP contribution < -0.4 is 0 Å². The number of ether oxygens (including phenoxy) is 1. The Balaban J connectivity index is 3.43. The summed E-state index contributed by atoms with van der Waals surface area (Å²) in [7, 11) is 1.92. The Kier molecular flexibility index (Phi) is 8.21. The van der Waals surface area contributed by atoms with E-state index in [1.807, 2.05) is 11.9 Å². The maximum atomic E-state index is 10.6. The zero-order chi connectivity index (χ0) is 12.6. The highest BCUT2D eigenvalue weighted by molar-refractivity contribution is 5.69. The Morgan fingerprint density at radius 2 is 1.94 bits per heavy atom. The van der Waals surface area contributed by atoms with Crippen LogP contribution in [0.4, 0.5) is 0 Å². The second-order valence-electron chi connectivity index (χ2n) is 4.80. The third-order valence-corrected chi connectivity index (χ3v) is 2.46. The molecule has 0 aliphatic heterocycles. The number of likely N-dealkylation sites (N-methyl/N-ethyl adjacent to an activating group) is 1. The van der Waals surface area contributed by atoms with Gasteiger partial charge >= 0.3 is 5.97 Å². The number of carbonyl (C=O) groups is 1. The summed E-state index contributed by atoms with van der Waals surface area (Å²) in [4.78, 5) is 12.6. The van der Waals surface area contributed by atoms with Gasteiger partial charge < -0.3 is 14.7 Å². The highest BCUT2D eigenvalue weighted by Crippen LogP contribution is 2.00. The van der Waals surface area contributed by atoms with Crippen molar-refractivity contribution in [3.05, 3.63) is 0 Å². The Morgan fingerprint density at radius 1 is 1.31 bits per heavy atom. The Bertz CT molecular complexity index is 195. The Morgan fingerprint density at radius 3 is 2.44 bits per heavy atom. The highest BCUT2D eigenvalue weighted by Gasteiger charge is 2.12. The number of aliphatic carboxylic acids is 1. The van der Waals surface area contributed by atoms with Gasteiger partial charge in [0.15, 0.2) is 0 Å². The van der Waals surface area contributed by atoms with Crippen LogP contribution >= 0.6 is 0 Å². The van der Waals surface area contributed by atoms with Crippen LogP contribution in [0.25, 0.3) is 0 Å². The van der Waals surface area contributed by atoms with Gasteiger partial charge in [0.25, 0.3) is 0 Å². The maximum absolute atomic E-state index is 10.6. The number of carboxylic acid groups (broad SMARTS) is 1. The van der Waals surface area contributed by atoms with Crippen LogP contribution in [0, 0.1) is 11.8 Å². The zero-order valence-corrected chi connectivity index (χ0v) is 10.9. The second kappa shape index (κ2) is 8.53. The topological polar surface area (TPSA) is 49.8 Å². The van der Waals surface area contributed by atoms with Gasteiger partial charge in [-0.2, -0.15) is 0 Å². The van der Waals surface area contributed by atoms with Gasteiger partial charge in [-0.05, 0) is 19.4 Å². The summed E-state index contributed by atoms with van der Waals surface area (Å²) >= 11 is 0. The number of hydrogen-bond acceptors (Lipinski definition) is 3. The average molecular weight is 231 g/mol. The van der Waals surface area contributed by atoms with E-state index in [0.29, 0.717) is 19.1 Å². The lowest BCUT2D eigenvalue weighted by atomic mass is 10.1. The van der Waals surface area contributed by atoms with Crippen molar-refractivity contribution in [2.75, 3.05) is 33.4 Å².